The van der Waals surface area contributed by atoms with E-state index in [-0.39, 0.29) is 41.8 Å². The summed E-state index contributed by atoms with van der Waals surface area (Å²) in [5, 5.41) is 5.02. The van der Waals surface area contributed by atoms with Crippen LogP contribution in [0.3, 0.4) is 0 Å². The Morgan fingerprint density at radius 3 is 2.35 bits per heavy atom. The Kier molecular flexibility index (Phi) is 5.72. The molecule has 1 aliphatic carbocycles. The van der Waals surface area contributed by atoms with E-state index in [1.165, 1.54) is 6.07 Å². The molecule has 1 aromatic carbocycles. The summed E-state index contributed by atoms with van der Waals surface area (Å²) in [6.07, 6.45) is -4.06. The van der Waals surface area contributed by atoms with Crippen molar-refractivity contribution in [2.75, 3.05) is 6.54 Å². The van der Waals surface area contributed by atoms with Gasteiger partial charge in [-0.3, -0.25) is 4.79 Å². The molecular formula is C17H23F3N2O3S. The Bertz CT molecular complexity index is 764. The highest BCUT2D eigenvalue weighted by molar-refractivity contribution is 7.92. The lowest BCUT2D eigenvalue weighted by molar-refractivity contribution is -0.137. The third-order valence-electron chi connectivity index (χ3n) is 4.09. The molecule has 1 fully saturated rings. The highest BCUT2D eigenvalue weighted by Crippen LogP contribution is 2.35. The van der Waals surface area contributed by atoms with Crippen LogP contribution in [0.1, 0.15) is 39.2 Å². The summed E-state index contributed by atoms with van der Waals surface area (Å²) < 4.78 is 63.3. The van der Waals surface area contributed by atoms with Crippen LogP contribution in [0.5, 0.6) is 0 Å². The number of rotatable bonds is 5. The molecule has 1 amide bonds. The van der Waals surface area contributed by atoms with E-state index < -0.39 is 26.8 Å². The summed E-state index contributed by atoms with van der Waals surface area (Å²) in [6.45, 7) is 5.63. The largest absolute Gasteiger partial charge is 0.416 e. The minimum Gasteiger partial charge on any atom is -0.350 e. The zero-order chi connectivity index (χ0) is 19.8. The minimum absolute atomic E-state index is 0.0677. The molecule has 5 nitrogen and oxygen atoms in total. The monoisotopic (exact) mass is 392 g/mol. The second-order valence-electron chi connectivity index (χ2n) is 7.54. The number of nitrogens with one attached hydrogen (secondary N) is 2. The van der Waals surface area contributed by atoms with Crippen LogP contribution in [0.4, 0.5) is 13.2 Å². The van der Waals surface area contributed by atoms with Crippen LogP contribution in [0.15, 0.2) is 29.2 Å². The van der Waals surface area contributed by atoms with Crippen molar-refractivity contribution in [3.63, 3.8) is 0 Å². The zero-order valence-corrected chi connectivity index (χ0v) is 15.7. The highest BCUT2D eigenvalue weighted by Gasteiger charge is 2.40. The van der Waals surface area contributed by atoms with E-state index in [0.717, 1.165) is 12.1 Å². The summed E-state index contributed by atoms with van der Waals surface area (Å²) in [6, 6.07) is 3.65. The van der Waals surface area contributed by atoms with E-state index in [1.54, 1.807) is 0 Å². The Balaban J connectivity index is 1.93. The molecule has 1 aliphatic rings. The van der Waals surface area contributed by atoms with Gasteiger partial charge in [-0.15, -0.1) is 0 Å². The van der Waals surface area contributed by atoms with Gasteiger partial charge >= 0.3 is 6.18 Å². The predicted molar refractivity (Wildman–Crippen MR) is 91.3 cm³/mol. The van der Waals surface area contributed by atoms with Crippen LogP contribution in [-0.4, -0.2) is 37.7 Å². The van der Waals surface area contributed by atoms with Crippen LogP contribution in [0.2, 0.25) is 0 Å². The lowest BCUT2D eigenvalue weighted by Crippen LogP contribution is -2.52. The number of sulfone groups is 1. The Morgan fingerprint density at radius 1 is 1.19 bits per heavy atom. The van der Waals surface area contributed by atoms with Gasteiger partial charge in [-0.25, -0.2) is 8.42 Å². The van der Waals surface area contributed by atoms with Crippen molar-refractivity contribution in [1.82, 2.24) is 10.6 Å². The van der Waals surface area contributed by atoms with Crippen LogP contribution >= 0.6 is 0 Å². The molecule has 0 spiro atoms. The normalized spacial score (nSPS) is 21.2. The van der Waals surface area contributed by atoms with E-state index in [0.29, 0.717) is 6.07 Å². The molecule has 2 N–H and O–H groups in total. The number of carbonyl (C=O) groups is 1. The van der Waals surface area contributed by atoms with Gasteiger partial charge in [0.05, 0.1) is 22.3 Å². The van der Waals surface area contributed by atoms with Crippen LogP contribution in [0, 0.1) is 0 Å². The number of alkyl halides is 3. The maximum absolute atomic E-state index is 12.8. The minimum atomic E-state index is -4.59. The molecule has 146 valence electrons. The summed E-state index contributed by atoms with van der Waals surface area (Å²) in [5.41, 5.74) is -1.33. The molecule has 0 unspecified atom stereocenters. The number of benzene rings is 1. The number of carbonyl (C=O) groups excluding carboxylic acids is 1. The molecule has 26 heavy (non-hydrogen) atoms. The molecule has 1 saturated carbocycles. The molecule has 1 aromatic rings. The van der Waals surface area contributed by atoms with Gasteiger partial charge in [-0.05, 0) is 51.8 Å². The molecule has 2 rings (SSSR count). The predicted octanol–water partition coefficient (Wildman–Crippen LogP) is 2.51. The summed E-state index contributed by atoms with van der Waals surface area (Å²) >= 11 is 0. The lowest BCUT2D eigenvalue weighted by Gasteiger charge is -2.35. The molecule has 0 heterocycles. The molecule has 0 bridgehead atoms. The van der Waals surface area contributed by atoms with Crippen molar-refractivity contribution in [2.45, 2.75) is 61.5 Å². The van der Waals surface area contributed by atoms with Crippen molar-refractivity contribution in [3.05, 3.63) is 29.8 Å². The SMILES string of the molecule is CC(C)(C)NC(=O)CN[C@H]1C[C@H](S(=O)(=O)c2cccc(C(F)(F)F)c2)C1. The van der Waals surface area contributed by atoms with Gasteiger partial charge in [0.15, 0.2) is 9.84 Å². The second kappa shape index (κ2) is 7.19. The van der Waals surface area contributed by atoms with Crippen molar-refractivity contribution >= 4 is 15.7 Å². The molecule has 0 atom stereocenters. The third kappa shape index (κ3) is 5.20. The fourth-order valence-corrected chi connectivity index (χ4v) is 4.64. The first kappa shape index (κ1) is 20.7. The molecular weight excluding hydrogens is 369 g/mol. The summed E-state index contributed by atoms with van der Waals surface area (Å²) in [7, 11) is -3.83. The third-order valence-corrected chi connectivity index (χ3v) is 6.26. The van der Waals surface area contributed by atoms with Crippen LogP contribution in [0.25, 0.3) is 0 Å². The molecule has 0 radical (unpaired) electrons. The average Bonchev–Trinajstić information content (AvgIpc) is 2.42. The van der Waals surface area contributed by atoms with E-state index >= 15 is 0 Å². The van der Waals surface area contributed by atoms with Crippen molar-refractivity contribution in [3.8, 4) is 0 Å². The lowest BCUT2D eigenvalue weighted by atomic mass is 9.92. The number of amides is 1. The quantitative estimate of drug-likeness (QED) is 0.808. The van der Waals surface area contributed by atoms with E-state index in [1.807, 2.05) is 20.8 Å². The number of hydrogen-bond donors (Lipinski definition) is 2. The number of halogens is 3. The first-order chi connectivity index (χ1) is 11.8. The van der Waals surface area contributed by atoms with Crippen molar-refractivity contribution in [2.24, 2.45) is 0 Å². The van der Waals surface area contributed by atoms with Gasteiger partial charge in [-0.2, -0.15) is 13.2 Å². The summed E-state index contributed by atoms with van der Waals surface area (Å²) in [4.78, 5) is 11.4. The molecule has 0 saturated heterocycles. The first-order valence-corrected chi connectivity index (χ1v) is 9.79. The van der Waals surface area contributed by atoms with Gasteiger partial charge in [0, 0.05) is 11.6 Å². The molecule has 0 aliphatic heterocycles. The zero-order valence-electron chi connectivity index (χ0n) is 14.9. The topological polar surface area (TPSA) is 75.3 Å². The van der Waals surface area contributed by atoms with Crippen molar-refractivity contribution in [1.29, 1.82) is 0 Å². The maximum Gasteiger partial charge on any atom is 0.416 e. The second-order valence-corrected chi connectivity index (χ2v) is 9.77. The smallest absolute Gasteiger partial charge is 0.350 e. The van der Waals surface area contributed by atoms with Gasteiger partial charge in [0.1, 0.15) is 0 Å². The van der Waals surface area contributed by atoms with Gasteiger partial charge in [-0.1, -0.05) is 6.07 Å². The van der Waals surface area contributed by atoms with Crippen LogP contribution < -0.4 is 10.6 Å². The van der Waals surface area contributed by atoms with Crippen molar-refractivity contribution < 1.29 is 26.4 Å². The first-order valence-electron chi connectivity index (χ1n) is 8.24. The molecule has 0 aromatic heterocycles. The van der Waals surface area contributed by atoms with Gasteiger partial charge in [0.25, 0.3) is 0 Å². The average molecular weight is 392 g/mol. The van der Waals surface area contributed by atoms with Gasteiger partial charge in [0.2, 0.25) is 5.91 Å². The fourth-order valence-electron chi connectivity index (χ4n) is 2.73. The highest BCUT2D eigenvalue weighted by atomic mass is 32.2. The van der Waals surface area contributed by atoms with E-state index in [9.17, 15) is 26.4 Å². The van der Waals surface area contributed by atoms with Crippen LogP contribution in [-0.2, 0) is 20.8 Å². The van der Waals surface area contributed by atoms with E-state index in [4.69, 9.17) is 0 Å². The van der Waals surface area contributed by atoms with Gasteiger partial charge < -0.3 is 10.6 Å². The fraction of sp³-hybridized carbons (Fsp3) is 0.588. The Hall–Kier alpha value is -1.61. The maximum atomic E-state index is 12.8. The standard InChI is InChI=1S/C17H23F3N2O3S/c1-16(2,3)22-15(23)10-21-12-8-14(9-12)26(24,25)13-6-4-5-11(7-13)17(18,19)20/h4-7,12,14,21H,8-10H2,1-3H3,(H,22,23)/t12-,14-. The Morgan fingerprint density at radius 2 is 1.81 bits per heavy atom. The molecule has 9 heteroatoms. The number of hydrogen-bond acceptors (Lipinski definition) is 4. The summed E-state index contributed by atoms with van der Waals surface area (Å²) in [5.74, 6) is -0.193. The van der Waals surface area contributed by atoms with E-state index in [2.05, 4.69) is 10.6 Å². The Labute approximate surface area is 151 Å².